The predicted molar refractivity (Wildman–Crippen MR) is 71.3 cm³/mol. The van der Waals surface area contributed by atoms with Crippen molar-refractivity contribution >= 4 is 11.8 Å². The van der Waals surface area contributed by atoms with Crippen molar-refractivity contribution < 1.29 is 27.5 Å². The highest BCUT2D eigenvalue weighted by Crippen LogP contribution is 2.38. The zero-order valence-electron chi connectivity index (χ0n) is 12.3. The first kappa shape index (κ1) is 16.6. The lowest BCUT2D eigenvalue weighted by molar-refractivity contribution is -0.182. The summed E-state index contributed by atoms with van der Waals surface area (Å²) in [5.74, 6) is -4.26. The van der Waals surface area contributed by atoms with E-state index in [4.69, 9.17) is 10.5 Å². The number of nitrogens with zero attached hydrogens (tertiary/aromatic N) is 1. The Bertz CT molecular complexity index is 502. The van der Waals surface area contributed by atoms with Gasteiger partial charge in [-0.05, 0) is 12.8 Å². The first-order valence-electron chi connectivity index (χ1n) is 7.25. The number of allylic oxidation sites excluding steroid dienone is 1. The normalized spacial score (nSPS) is 26.1. The van der Waals surface area contributed by atoms with Gasteiger partial charge in [0.25, 0.3) is 5.91 Å². The van der Waals surface area contributed by atoms with Gasteiger partial charge >= 0.3 is 6.18 Å². The molecule has 0 aromatic rings. The van der Waals surface area contributed by atoms with E-state index in [1.165, 1.54) is 0 Å². The van der Waals surface area contributed by atoms with E-state index in [0.29, 0.717) is 37.2 Å². The summed E-state index contributed by atoms with van der Waals surface area (Å²) in [5.41, 5.74) is 5.48. The number of primary amides is 1. The third kappa shape index (κ3) is 3.20. The van der Waals surface area contributed by atoms with Gasteiger partial charge in [-0.1, -0.05) is 6.92 Å². The van der Waals surface area contributed by atoms with Gasteiger partial charge in [0.15, 0.2) is 0 Å². The van der Waals surface area contributed by atoms with Crippen LogP contribution in [0, 0.1) is 11.8 Å². The molecule has 0 aromatic carbocycles. The molecular weight excluding hydrogens is 301 g/mol. The lowest BCUT2D eigenvalue weighted by Crippen LogP contribution is -2.37. The molecule has 2 N–H and O–H groups in total. The van der Waals surface area contributed by atoms with E-state index in [1.807, 2.05) is 6.92 Å². The molecule has 1 saturated heterocycles. The molecule has 0 saturated carbocycles. The Labute approximate surface area is 126 Å². The third-order valence-corrected chi connectivity index (χ3v) is 4.16. The SMILES string of the molecule is CCC1=C(C(=O)N2C[C@@H](C(F)(F)F)[C@H](C(N)=O)C2)CCCO1. The molecule has 2 rings (SSSR count). The molecule has 0 radical (unpaired) electrons. The molecule has 2 amide bonds. The third-order valence-electron chi connectivity index (χ3n) is 4.16. The van der Waals surface area contributed by atoms with E-state index in [2.05, 4.69) is 0 Å². The summed E-state index contributed by atoms with van der Waals surface area (Å²) in [4.78, 5) is 24.8. The minimum absolute atomic E-state index is 0.293. The van der Waals surface area contributed by atoms with Gasteiger partial charge in [-0.2, -0.15) is 13.2 Å². The number of hydrogen-bond donors (Lipinski definition) is 1. The predicted octanol–water partition coefficient (Wildman–Crippen LogP) is 1.58. The highest BCUT2D eigenvalue weighted by Gasteiger charge is 2.53. The second-order valence-corrected chi connectivity index (χ2v) is 5.57. The fourth-order valence-corrected chi connectivity index (χ4v) is 2.99. The Morgan fingerprint density at radius 3 is 2.55 bits per heavy atom. The van der Waals surface area contributed by atoms with Crippen LogP contribution < -0.4 is 5.73 Å². The molecule has 22 heavy (non-hydrogen) atoms. The van der Waals surface area contributed by atoms with E-state index < -0.39 is 36.4 Å². The Hall–Kier alpha value is -1.73. The quantitative estimate of drug-likeness (QED) is 0.858. The number of amides is 2. The summed E-state index contributed by atoms with van der Waals surface area (Å²) in [6.07, 6.45) is -2.91. The van der Waals surface area contributed by atoms with Crippen molar-refractivity contribution in [2.75, 3.05) is 19.7 Å². The van der Waals surface area contributed by atoms with E-state index in [0.717, 1.165) is 4.90 Å². The summed E-state index contributed by atoms with van der Waals surface area (Å²) in [7, 11) is 0. The maximum absolute atomic E-state index is 13.0. The first-order chi connectivity index (χ1) is 10.3. The number of hydrogen-bond acceptors (Lipinski definition) is 3. The van der Waals surface area contributed by atoms with Gasteiger partial charge in [-0.15, -0.1) is 0 Å². The molecule has 0 aromatic heterocycles. The summed E-state index contributed by atoms with van der Waals surface area (Å²) in [6.45, 7) is 1.51. The van der Waals surface area contributed by atoms with Crippen molar-refractivity contribution in [3.8, 4) is 0 Å². The molecule has 124 valence electrons. The fourth-order valence-electron chi connectivity index (χ4n) is 2.99. The van der Waals surface area contributed by atoms with Crippen LogP contribution in [-0.4, -0.2) is 42.6 Å². The van der Waals surface area contributed by atoms with Crippen LogP contribution in [0.1, 0.15) is 26.2 Å². The highest BCUT2D eigenvalue weighted by molar-refractivity contribution is 5.95. The van der Waals surface area contributed by atoms with E-state index in [-0.39, 0.29) is 6.54 Å². The van der Waals surface area contributed by atoms with E-state index in [9.17, 15) is 22.8 Å². The molecule has 8 heteroatoms. The molecule has 0 bridgehead atoms. The molecule has 0 aliphatic carbocycles. The summed E-state index contributed by atoms with van der Waals surface area (Å²) >= 11 is 0. The zero-order valence-corrected chi connectivity index (χ0v) is 12.3. The molecule has 0 spiro atoms. The molecule has 1 fully saturated rings. The van der Waals surface area contributed by atoms with Crippen molar-refractivity contribution in [3.05, 3.63) is 11.3 Å². The molecule has 0 unspecified atom stereocenters. The standard InChI is InChI=1S/C14H19F3N2O3/c1-2-11-8(4-3-5-22-11)13(21)19-6-9(12(18)20)10(7-19)14(15,16)17/h9-10H,2-7H2,1H3,(H2,18,20)/t9-,10-/m1/s1. The van der Waals surface area contributed by atoms with Gasteiger partial charge in [-0.3, -0.25) is 9.59 Å². The zero-order chi connectivity index (χ0) is 16.5. The summed E-state index contributed by atoms with van der Waals surface area (Å²) in [5, 5.41) is 0. The minimum Gasteiger partial charge on any atom is -0.497 e. The van der Waals surface area contributed by atoms with Crippen LogP contribution in [0.2, 0.25) is 0 Å². The first-order valence-corrected chi connectivity index (χ1v) is 7.25. The number of carbonyl (C=O) groups is 2. The van der Waals surface area contributed by atoms with Gasteiger partial charge in [0, 0.05) is 19.5 Å². The largest absolute Gasteiger partial charge is 0.497 e. The maximum Gasteiger partial charge on any atom is 0.394 e. The smallest absolute Gasteiger partial charge is 0.394 e. The monoisotopic (exact) mass is 320 g/mol. The van der Waals surface area contributed by atoms with Crippen molar-refractivity contribution in [3.63, 3.8) is 0 Å². The minimum atomic E-state index is -4.56. The molecular formula is C14H19F3N2O3. The van der Waals surface area contributed by atoms with Crippen LogP contribution in [0.15, 0.2) is 11.3 Å². The van der Waals surface area contributed by atoms with Crippen molar-refractivity contribution in [2.45, 2.75) is 32.4 Å². The maximum atomic E-state index is 13.0. The second-order valence-electron chi connectivity index (χ2n) is 5.57. The summed E-state index contributed by atoms with van der Waals surface area (Å²) in [6, 6.07) is 0. The van der Waals surface area contributed by atoms with Gasteiger partial charge in [0.2, 0.25) is 5.91 Å². The molecule has 2 aliphatic rings. The second kappa shape index (κ2) is 6.18. The fraction of sp³-hybridized carbons (Fsp3) is 0.714. The number of likely N-dealkylation sites (tertiary alicyclic amines) is 1. The van der Waals surface area contributed by atoms with E-state index in [1.54, 1.807) is 0 Å². The molecule has 2 atom stereocenters. The molecule has 2 heterocycles. The topological polar surface area (TPSA) is 72.6 Å². The molecule has 2 aliphatic heterocycles. The van der Waals surface area contributed by atoms with Crippen LogP contribution in [0.25, 0.3) is 0 Å². The van der Waals surface area contributed by atoms with Crippen molar-refractivity contribution in [1.29, 1.82) is 0 Å². The number of ether oxygens (including phenoxy) is 1. The lowest BCUT2D eigenvalue weighted by atomic mass is 9.95. The number of nitrogens with two attached hydrogens (primary N) is 1. The average Bonchev–Trinajstić information content (AvgIpc) is 2.92. The Morgan fingerprint density at radius 1 is 1.36 bits per heavy atom. The Morgan fingerprint density at radius 2 is 2.05 bits per heavy atom. The van der Waals surface area contributed by atoms with Gasteiger partial charge in [0.1, 0.15) is 5.76 Å². The Kier molecular flexibility index (Phi) is 4.67. The number of halogens is 3. The van der Waals surface area contributed by atoms with Crippen LogP contribution in [0.4, 0.5) is 13.2 Å². The lowest BCUT2D eigenvalue weighted by Gasteiger charge is -2.24. The Balaban J connectivity index is 2.21. The van der Waals surface area contributed by atoms with Gasteiger partial charge in [-0.25, -0.2) is 0 Å². The van der Waals surface area contributed by atoms with Gasteiger partial charge < -0.3 is 15.4 Å². The summed E-state index contributed by atoms with van der Waals surface area (Å²) < 4.78 is 44.4. The highest BCUT2D eigenvalue weighted by atomic mass is 19.4. The van der Waals surface area contributed by atoms with Crippen LogP contribution in [0.3, 0.4) is 0 Å². The van der Waals surface area contributed by atoms with Gasteiger partial charge in [0.05, 0.1) is 24.0 Å². The average molecular weight is 320 g/mol. The van der Waals surface area contributed by atoms with Crippen LogP contribution in [-0.2, 0) is 14.3 Å². The molecule has 5 nitrogen and oxygen atoms in total. The van der Waals surface area contributed by atoms with Crippen molar-refractivity contribution in [1.82, 2.24) is 4.90 Å². The number of rotatable bonds is 3. The van der Waals surface area contributed by atoms with Crippen molar-refractivity contribution in [2.24, 2.45) is 17.6 Å². The van der Waals surface area contributed by atoms with E-state index >= 15 is 0 Å². The van der Waals surface area contributed by atoms with Crippen LogP contribution in [0.5, 0.6) is 0 Å². The van der Waals surface area contributed by atoms with Crippen LogP contribution >= 0.6 is 0 Å². The number of alkyl halides is 3. The number of carbonyl (C=O) groups excluding carboxylic acids is 2.